The molecular formula is C22H32F3N3O3. The number of hydrogen-bond acceptors (Lipinski definition) is 4. The van der Waals surface area contributed by atoms with E-state index < -0.39 is 29.5 Å². The largest absolute Gasteiger partial charge is 0.444 e. The lowest BCUT2D eigenvalue weighted by Gasteiger charge is -2.37. The normalized spacial score (nSPS) is 22.2. The molecule has 1 aliphatic carbocycles. The maximum Gasteiger partial charge on any atom is 0.416 e. The quantitative estimate of drug-likeness (QED) is 0.724. The Morgan fingerprint density at radius 1 is 1.10 bits per heavy atom. The van der Waals surface area contributed by atoms with Crippen molar-refractivity contribution in [2.75, 3.05) is 20.6 Å². The van der Waals surface area contributed by atoms with Crippen LogP contribution in [-0.4, -0.2) is 55.2 Å². The van der Waals surface area contributed by atoms with Crippen LogP contribution in [0.1, 0.15) is 57.1 Å². The van der Waals surface area contributed by atoms with E-state index in [1.807, 2.05) is 0 Å². The lowest BCUT2D eigenvalue weighted by molar-refractivity contribution is -0.137. The van der Waals surface area contributed by atoms with Crippen molar-refractivity contribution in [3.05, 3.63) is 35.4 Å². The van der Waals surface area contributed by atoms with Gasteiger partial charge < -0.3 is 20.3 Å². The summed E-state index contributed by atoms with van der Waals surface area (Å²) in [6, 6.07) is 4.51. The molecule has 0 saturated heterocycles. The third-order valence-electron chi connectivity index (χ3n) is 5.04. The maximum atomic E-state index is 13.1. The molecule has 3 atom stereocenters. The molecule has 1 fully saturated rings. The summed E-state index contributed by atoms with van der Waals surface area (Å²) >= 11 is 0. The summed E-state index contributed by atoms with van der Waals surface area (Å²) in [6.07, 6.45) is -3.48. The predicted octanol–water partition coefficient (Wildman–Crippen LogP) is 3.91. The standard InChI is InChI=1S/C22H32F3N3O3/c1-21(2,3)31-20(30)27-17-10-9-15(12-18(17)26-19(29)13-28(4)5)14-7-6-8-16(11-14)22(23,24)25/h6-8,11,15,17-18H,9-10,12-13H2,1-5H3,(H,26,29)(H,27,30)/t15-,17-,18-/m0/s1. The number of hydrogen-bond donors (Lipinski definition) is 2. The van der Waals surface area contributed by atoms with Gasteiger partial charge in [-0.15, -0.1) is 0 Å². The van der Waals surface area contributed by atoms with E-state index in [1.165, 1.54) is 12.1 Å². The van der Waals surface area contributed by atoms with Gasteiger partial charge in [-0.3, -0.25) is 4.79 Å². The van der Waals surface area contributed by atoms with E-state index in [0.29, 0.717) is 24.8 Å². The van der Waals surface area contributed by atoms with Gasteiger partial charge in [0.05, 0.1) is 18.2 Å². The average Bonchev–Trinajstić information content (AvgIpc) is 2.60. The first-order valence-corrected chi connectivity index (χ1v) is 10.4. The van der Waals surface area contributed by atoms with Crippen LogP contribution >= 0.6 is 0 Å². The molecule has 2 amide bonds. The zero-order valence-corrected chi connectivity index (χ0v) is 18.7. The molecule has 1 aromatic carbocycles. The molecule has 174 valence electrons. The van der Waals surface area contributed by atoms with Crippen molar-refractivity contribution < 1.29 is 27.5 Å². The smallest absolute Gasteiger partial charge is 0.416 e. The Bertz CT molecular complexity index is 775. The fourth-order valence-corrected chi connectivity index (χ4v) is 3.77. The third kappa shape index (κ3) is 8.05. The number of halogens is 3. The second-order valence-electron chi connectivity index (χ2n) is 9.30. The highest BCUT2D eigenvalue weighted by atomic mass is 19.4. The monoisotopic (exact) mass is 443 g/mol. The summed E-state index contributed by atoms with van der Waals surface area (Å²) in [5.41, 5.74) is -0.771. The highest BCUT2D eigenvalue weighted by Crippen LogP contribution is 2.36. The first-order valence-electron chi connectivity index (χ1n) is 10.4. The Morgan fingerprint density at radius 3 is 2.35 bits per heavy atom. The van der Waals surface area contributed by atoms with Crippen LogP contribution in [0.4, 0.5) is 18.0 Å². The van der Waals surface area contributed by atoms with E-state index in [-0.39, 0.29) is 24.4 Å². The van der Waals surface area contributed by atoms with Gasteiger partial charge in [0.25, 0.3) is 0 Å². The van der Waals surface area contributed by atoms with Crippen LogP contribution < -0.4 is 10.6 Å². The van der Waals surface area contributed by atoms with Gasteiger partial charge in [0.1, 0.15) is 5.60 Å². The highest BCUT2D eigenvalue weighted by molar-refractivity contribution is 5.78. The number of carbonyl (C=O) groups is 2. The van der Waals surface area contributed by atoms with Gasteiger partial charge in [-0.1, -0.05) is 18.2 Å². The number of ether oxygens (including phenoxy) is 1. The second-order valence-corrected chi connectivity index (χ2v) is 9.30. The Labute approximate surface area is 181 Å². The fraction of sp³-hybridized carbons (Fsp3) is 0.636. The second kappa shape index (κ2) is 9.89. The molecule has 9 heteroatoms. The molecule has 0 bridgehead atoms. The number of amides is 2. The van der Waals surface area contributed by atoms with Gasteiger partial charge in [-0.25, -0.2) is 4.79 Å². The molecule has 0 radical (unpaired) electrons. The summed E-state index contributed by atoms with van der Waals surface area (Å²) in [5, 5.41) is 5.76. The van der Waals surface area contributed by atoms with Crippen molar-refractivity contribution in [1.29, 1.82) is 0 Å². The minimum absolute atomic E-state index is 0.163. The molecule has 0 spiro atoms. The maximum absolute atomic E-state index is 13.1. The van der Waals surface area contributed by atoms with E-state index in [2.05, 4.69) is 10.6 Å². The topological polar surface area (TPSA) is 70.7 Å². The van der Waals surface area contributed by atoms with Gasteiger partial charge >= 0.3 is 12.3 Å². The Hall–Kier alpha value is -2.29. The summed E-state index contributed by atoms with van der Waals surface area (Å²) in [7, 11) is 3.53. The summed E-state index contributed by atoms with van der Waals surface area (Å²) in [5.74, 6) is -0.376. The molecule has 0 unspecified atom stereocenters. The van der Waals surface area contributed by atoms with E-state index in [9.17, 15) is 22.8 Å². The number of benzene rings is 1. The van der Waals surface area contributed by atoms with Crippen LogP contribution in [0, 0.1) is 0 Å². The van der Waals surface area contributed by atoms with Gasteiger partial charge in [0, 0.05) is 6.04 Å². The minimum Gasteiger partial charge on any atom is -0.444 e. The predicted molar refractivity (Wildman–Crippen MR) is 112 cm³/mol. The number of nitrogens with zero attached hydrogens (tertiary/aromatic N) is 1. The van der Waals surface area contributed by atoms with E-state index in [4.69, 9.17) is 4.74 Å². The van der Waals surface area contributed by atoms with Crippen LogP contribution in [0.15, 0.2) is 24.3 Å². The SMILES string of the molecule is CN(C)CC(=O)N[C@H]1C[C@@H](c2cccc(C(F)(F)F)c2)CC[C@@H]1NC(=O)OC(C)(C)C. The Morgan fingerprint density at radius 2 is 1.77 bits per heavy atom. The molecule has 1 aromatic rings. The molecule has 1 saturated carbocycles. The van der Waals surface area contributed by atoms with Crippen LogP contribution in [0.25, 0.3) is 0 Å². The summed E-state index contributed by atoms with van der Waals surface area (Å²) < 4.78 is 44.7. The van der Waals surface area contributed by atoms with Crippen molar-refractivity contribution in [2.24, 2.45) is 0 Å². The Balaban J connectivity index is 2.17. The molecule has 0 heterocycles. The van der Waals surface area contributed by atoms with Crippen molar-refractivity contribution in [3.8, 4) is 0 Å². The van der Waals surface area contributed by atoms with Gasteiger partial charge in [-0.05, 0) is 71.7 Å². The number of nitrogens with one attached hydrogen (secondary N) is 2. The third-order valence-corrected chi connectivity index (χ3v) is 5.04. The first-order chi connectivity index (χ1) is 14.2. The number of alkyl carbamates (subject to hydrolysis) is 1. The lowest BCUT2D eigenvalue weighted by Crippen LogP contribution is -2.56. The molecule has 2 N–H and O–H groups in total. The summed E-state index contributed by atoms with van der Waals surface area (Å²) in [4.78, 5) is 26.3. The lowest BCUT2D eigenvalue weighted by atomic mass is 9.78. The number of carbonyl (C=O) groups excluding carboxylic acids is 2. The minimum atomic E-state index is -4.41. The zero-order valence-electron chi connectivity index (χ0n) is 18.7. The van der Waals surface area contributed by atoms with Crippen LogP contribution in [0.2, 0.25) is 0 Å². The zero-order chi connectivity index (χ0) is 23.4. The highest BCUT2D eigenvalue weighted by Gasteiger charge is 2.36. The molecule has 31 heavy (non-hydrogen) atoms. The van der Waals surface area contributed by atoms with E-state index in [0.717, 1.165) is 6.07 Å². The van der Waals surface area contributed by atoms with E-state index >= 15 is 0 Å². The first kappa shape index (κ1) is 25.0. The van der Waals surface area contributed by atoms with Crippen molar-refractivity contribution in [3.63, 3.8) is 0 Å². The van der Waals surface area contributed by atoms with Gasteiger partial charge in [-0.2, -0.15) is 13.2 Å². The Kier molecular flexibility index (Phi) is 7.97. The van der Waals surface area contributed by atoms with Crippen molar-refractivity contribution in [1.82, 2.24) is 15.5 Å². The average molecular weight is 444 g/mol. The van der Waals surface area contributed by atoms with Gasteiger partial charge in [0.2, 0.25) is 5.91 Å². The van der Waals surface area contributed by atoms with E-state index in [1.54, 1.807) is 45.8 Å². The van der Waals surface area contributed by atoms with Crippen molar-refractivity contribution in [2.45, 2.75) is 69.8 Å². The van der Waals surface area contributed by atoms with Crippen LogP contribution in [0.5, 0.6) is 0 Å². The number of alkyl halides is 3. The fourth-order valence-electron chi connectivity index (χ4n) is 3.77. The van der Waals surface area contributed by atoms with Crippen molar-refractivity contribution >= 4 is 12.0 Å². The number of rotatable bonds is 5. The number of likely N-dealkylation sites (N-methyl/N-ethyl adjacent to an activating group) is 1. The van der Waals surface area contributed by atoms with Crippen LogP contribution in [0.3, 0.4) is 0 Å². The van der Waals surface area contributed by atoms with Gasteiger partial charge in [0.15, 0.2) is 0 Å². The molecule has 0 aliphatic heterocycles. The molecule has 1 aliphatic rings. The van der Waals surface area contributed by atoms with Crippen LogP contribution in [-0.2, 0) is 15.7 Å². The molecule has 2 rings (SSSR count). The summed E-state index contributed by atoms with van der Waals surface area (Å²) in [6.45, 7) is 5.44. The molecule has 6 nitrogen and oxygen atoms in total. The molecule has 0 aromatic heterocycles. The molecular weight excluding hydrogens is 411 g/mol.